The van der Waals surface area contributed by atoms with E-state index in [1.807, 2.05) is 31.2 Å². The van der Waals surface area contributed by atoms with E-state index in [0.717, 1.165) is 21.3 Å². The van der Waals surface area contributed by atoms with E-state index in [9.17, 15) is 4.79 Å². The average Bonchev–Trinajstić information content (AvgIpc) is 2.37. The number of hydrogen-bond acceptors (Lipinski definition) is 3. The van der Waals surface area contributed by atoms with Gasteiger partial charge in [0.2, 0.25) is 0 Å². The fourth-order valence-electron chi connectivity index (χ4n) is 1.88. The zero-order chi connectivity index (χ0) is 14.9. The minimum absolute atomic E-state index is 0.110. The lowest BCUT2D eigenvalue weighted by Gasteiger charge is -2.12. The van der Waals surface area contributed by atoms with Gasteiger partial charge in [0.25, 0.3) is 0 Å². The number of nitrogens with two attached hydrogens (primary N) is 1. The van der Waals surface area contributed by atoms with Crippen LogP contribution in [0.15, 0.2) is 34.8 Å². The summed E-state index contributed by atoms with van der Waals surface area (Å²) in [6.45, 7) is 3.79. The second-order valence-corrected chi connectivity index (χ2v) is 5.50. The summed E-state index contributed by atoms with van der Waals surface area (Å²) >= 11 is 3.47. The van der Waals surface area contributed by atoms with Gasteiger partial charge in [-0.2, -0.15) is 0 Å². The molecule has 0 saturated carbocycles. The topological polar surface area (TPSA) is 75.3 Å². The summed E-state index contributed by atoms with van der Waals surface area (Å²) < 4.78 is 0.994. The molecule has 0 spiro atoms. The van der Waals surface area contributed by atoms with Crippen LogP contribution >= 0.6 is 15.9 Å². The maximum Gasteiger partial charge on any atom is 0.337 e. The average molecular weight is 335 g/mol. The van der Waals surface area contributed by atoms with Crippen molar-refractivity contribution in [1.29, 1.82) is 0 Å². The third-order valence-corrected chi connectivity index (χ3v) is 3.93. The molecule has 4 N–H and O–H groups in total. The molecular weight excluding hydrogens is 320 g/mol. The standard InChI is InChI=1S/C15H15BrN2O2/c1-8-3-4-10(7-13(8)16)18-11-5-9(2)14(17)12(6-11)15(19)20/h3-7,18H,17H2,1-2H3,(H,19,20). The predicted octanol–water partition coefficient (Wildman–Crippen LogP) is 4.09. The molecule has 4 nitrogen and oxygen atoms in total. The Morgan fingerprint density at radius 3 is 2.45 bits per heavy atom. The molecule has 104 valence electrons. The van der Waals surface area contributed by atoms with Gasteiger partial charge >= 0.3 is 5.97 Å². The molecular formula is C15H15BrN2O2. The highest BCUT2D eigenvalue weighted by Crippen LogP contribution is 2.27. The first-order valence-corrected chi connectivity index (χ1v) is 6.84. The van der Waals surface area contributed by atoms with Gasteiger partial charge in [-0.15, -0.1) is 0 Å². The Labute approximate surface area is 125 Å². The van der Waals surface area contributed by atoms with Crippen LogP contribution in [-0.2, 0) is 0 Å². The minimum Gasteiger partial charge on any atom is -0.478 e. The molecule has 2 rings (SSSR count). The Hall–Kier alpha value is -2.01. The number of carbonyl (C=O) groups is 1. The molecule has 0 aliphatic heterocycles. The second kappa shape index (κ2) is 5.54. The van der Waals surface area contributed by atoms with Crippen molar-refractivity contribution in [2.45, 2.75) is 13.8 Å². The molecule has 0 aliphatic rings. The molecule has 0 unspecified atom stereocenters. The first kappa shape index (κ1) is 14.4. The highest BCUT2D eigenvalue weighted by atomic mass is 79.9. The van der Waals surface area contributed by atoms with Crippen molar-refractivity contribution in [2.24, 2.45) is 0 Å². The van der Waals surface area contributed by atoms with Gasteiger partial charge in [-0.25, -0.2) is 4.79 Å². The van der Waals surface area contributed by atoms with Crippen molar-refractivity contribution < 1.29 is 9.90 Å². The molecule has 0 bridgehead atoms. The van der Waals surface area contributed by atoms with Crippen molar-refractivity contribution >= 4 is 39.0 Å². The molecule has 0 radical (unpaired) electrons. The van der Waals surface area contributed by atoms with Crippen molar-refractivity contribution in [1.82, 2.24) is 0 Å². The quantitative estimate of drug-likeness (QED) is 0.739. The van der Waals surface area contributed by atoms with E-state index in [1.54, 1.807) is 13.0 Å². The van der Waals surface area contributed by atoms with Crippen LogP contribution in [0.4, 0.5) is 17.1 Å². The van der Waals surface area contributed by atoms with E-state index in [0.29, 0.717) is 11.4 Å². The van der Waals surface area contributed by atoms with Crippen LogP contribution in [0.2, 0.25) is 0 Å². The number of aryl methyl sites for hydroxylation is 2. The number of benzene rings is 2. The first-order valence-electron chi connectivity index (χ1n) is 6.05. The normalized spacial score (nSPS) is 10.3. The minimum atomic E-state index is -1.03. The van der Waals surface area contributed by atoms with Gasteiger partial charge in [-0.05, 0) is 49.2 Å². The lowest BCUT2D eigenvalue weighted by Crippen LogP contribution is -2.05. The third-order valence-electron chi connectivity index (χ3n) is 3.08. The number of nitrogen functional groups attached to an aromatic ring is 1. The number of anilines is 3. The number of halogens is 1. The van der Waals surface area contributed by atoms with Gasteiger partial charge in [-0.1, -0.05) is 22.0 Å². The Morgan fingerprint density at radius 2 is 1.85 bits per heavy atom. The molecule has 2 aromatic carbocycles. The van der Waals surface area contributed by atoms with Gasteiger partial charge in [0.05, 0.1) is 5.56 Å². The van der Waals surface area contributed by atoms with Crippen molar-refractivity contribution in [3.05, 3.63) is 51.5 Å². The summed E-state index contributed by atoms with van der Waals surface area (Å²) in [6, 6.07) is 9.23. The predicted molar refractivity (Wildman–Crippen MR) is 84.7 cm³/mol. The van der Waals surface area contributed by atoms with Crippen LogP contribution in [-0.4, -0.2) is 11.1 Å². The fourth-order valence-corrected chi connectivity index (χ4v) is 2.26. The van der Waals surface area contributed by atoms with Crippen molar-refractivity contribution in [3.63, 3.8) is 0 Å². The number of carboxylic acid groups (broad SMARTS) is 1. The maximum absolute atomic E-state index is 11.2. The summed E-state index contributed by atoms with van der Waals surface area (Å²) in [7, 11) is 0. The molecule has 0 saturated heterocycles. The van der Waals surface area contributed by atoms with Gasteiger partial charge in [-0.3, -0.25) is 0 Å². The number of nitrogens with one attached hydrogen (secondary N) is 1. The van der Waals surface area contributed by atoms with Crippen LogP contribution < -0.4 is 11.1 Å². The summed E-state index contributed by atoms with van der Waals surface area (Å²) in [5.41, 5.74) is 9.63. The van der Waals surface area contributed by atoms with Gasteiger partial charge in [0, 0.05) is 21.5 Å². The van der Waals surface area contributed by atoms with E-state index in [2.05, 4.69) is 21.2 Å². The van der Waals surface area contributed by atoms with E-state index < -0.39 is 5.97 Å². The maximum atomic E-state index is 11.2. The van der Waals surface area contributed by atoms with Crippen molar-refractivity contribution in [2.75, 3.05) is 11.1 Å². The number of aromatic carboxylic acids is 1. The third kappa shape index (κ3) is 2.93. The molecule has 0 heterocycles. The highest BCUT2D eigenvalue weighted by molar-refractivity contribution is 9.10. The Balaban J connectivity index is 2.38. The summed E-state index contributed by atoms with van der Waals surface area (Å²) in [5.74, 6) is -1.03. The molecule has 20 heavy (non-hydrogen) atoms. The Bertz CT molecular complexity index is 684. The van der Waals surface area contributed by atoms with Crippen LogP contribution in [0.1, 0.15) is 21.5 Å². The van der Waals surface area contributed by atoms with E-state index >= 15 is 0 Å². The van der Waals surface area contributed by atoms with Crippen molar-refractivity contribution in [3.8, 4) is 0 Å². The summed E-state index contributed by atoms with van der Waals surface area (Å²) in [6.07, 6.45) is 0. The van der Waals surface area contributed by atoms with Gasteiger partial charge in [0.1, 0.15) is 0 Å². The summed E-state index contributed by atoms with van der Waals surface area (Å²) in [4.78, 5) is 11.2. The van der Waals surface area contributed by atoms with Crippen LogP contribution in [0.3, 0.4) is 0 Å². The lowest BCUT2D eigenvalue weighted by atomic mass is 10.1. The first-order chi connectivity index (χ1) is 9.38. The molecule has 5 heteroatoms. The zero-order valence-electron chi connectivity index (χ0n) is 11.2. The van der Waals surface area contributed by atoms with Gasteiger partial charge < -0.3 is 16.2 Å². The largest absolute Gasteiger partial charge is 0.478 e. The smallest absolute Gasteiger partial charge is 0.337 e. The molecule has 0 aliphatic carbocycles. The highest BCUT2D eigenvalue weighted by Gasteiger charge is 2.12. The molecule has 0 atom stereocenters. The van der Waals surface area contributed by atoms with E-state index in [4.69, 9.17) is 10.8 Å². The van der Waals surface area contributed by atoms with E-state index in [1.165, 1.54) is 0 Å². The Morgan fingerprint density at radius 1 is 1.15 bits per heavy atom. The van der Waals surface area contributed by atoms with Crippen LogP contribution in [0.5, 0.6) is 0 Å². The lowest BCUT2D eigenvalue weighted by molar-refractivity contribution is 0.0698. The molecule has 2 aromatic rings. The molecule has 0 aromatic heterocycles. The molecule has 0 amide bonds. The number of rotatable bonds is 3. The monoisotopic (exact) mass is 334 g/mol. The fraction of sp³-hybridized carbons (Fsp3) is 0.133. The second-order valence-electron chi connectivity index (χ2n) is 4.65. The SMILES string of the molecule is Cc1ccc(Nc2cc(C)c(N)c(C(=O)O)c2)cc1Br. The number of hydrogen-bond donors (Lipinski definition) is 3. The number of carboxylic acids is 1. The summed E-state index contributed by atoms with van der Waals surface area (Å²) in [5, 5.41) is 12.3. The van der Waals surface area contributed by atoms with Gasteiger partial charge in [0.15, 0.2) is 0 Å². The Kier molecular flexibility index (Phi) is 3.99. The van der Waals surface area contributed by atoms with Crippen LogP contribution in [0, 0.1) is 13.8 Å². The molecule has 0 fully saturated rings. The van der Waals surface area contributed by atoms with E-state index in [-0.39, 0.29) is 5.56 Å². The zero-order valence-corrected chi connectivity index (χ0v) is 12.8. The van der Waals surface area contributed by atoms with Crippen LogP contribution in [0.25, 0.3) is 0 Å².